The molecule has 0 unspecified atom stereocenters. The average molecular weight is 359 g/mol. The van der Waals surface area contributed by atoms with E-state index in [-0.39, 0.29) is 17.1 Å². The van der Waals surface area contributed by atoms with Crippen molar-refractivity contribution in [1.29, 1.82) is 0 Å². The summed E-state index contributed by atoms with van der Waals surface area (Å²) in [6.45, 7) is 6.92. The Morgan fingerprint density at radius 3 is 2.40 bits per heavy atom. The summed E-state index contributed by atoms with van der Waals surface area (Å²) in [5.74, 6) is 0.809. The number of hydrogen-bond donors (Lipinski definition) is 2. The number of benzene rings is 2. The molecule has 134 valence electrons. The summed E-state index contributed by atoms with van der Waals surface area (Å²) in [6, 6.07) is 13.4. The standard InChI is InChI=1S/C20H25NO3S/c1-20(2,3)15-6-8-16(9-7-15)25-13-19(23)21-12-14-5-10-18(24-4)17(22)11-14/h5-11,22H,12-13H2,1-4H3,(H,21,23). The lowest BCUT2D eigenvalue weighted by atomic mass is 9.87. The minimum atomic E-state index is -0.0415. The molecule has 4 nitrogen and oxygen atoms in total. The highest BCUT2D eigenvalue weighted by Gasteiger charge is 2.13. The van der Waals surface area contributed by atoms with Crippen molar-refractivity contribution in [3.8, 4) is 11.5 Å². The number of thioether (sulfide) groups is 1. The van der Waals surface area contributed by atoms with Gasteiger partial charge in [0.15, 0.2) is 11.5 Å². The van der Waals surface area contributed by atoms with E-state index in [1.807, 2.05) is 6.07 Å². The van der Waals surface area contributed by atoms with Crippen LogP contribution in [0.1, 0.15) is 31.9 Å². The Balaban J connectivity index is 1.82. The minimum absolute atomic E-state index is 0.0415. The first-order chi connectivity index (χ1) is 11.8. The molecule has 25 heavy (non-hydrogen) atoms. The number of nitrogens with one attached hydrogen (secondary N) is 1. The fourth-order valence-electron chi connectivity index (χ4n) is 2.30. The molecule has 0 spiro atoms. The van der Waals surface area contributed by atoms with Crippen molar-refractivity contribution in [2.75, 3.05) is 12.9 Å². The molecule has 0 atom stereocenters. The lowest BCUT2D eigenvalue weighted by Gasteiger charge is -2.19. The molecule has 0 heterocycles. The summed E-state index contributed by atoms with van der Waals surface area (Å²) < 4.78 is 5.00. The van der Waals surface area contributed by atoms with Gasteiger partial charge in [0.25, 0.3) is 0 Å². The van der Waals surface area contributed by atoms with Gasteiger partial charge in [-0.15, -0.1) is 11.8 Å². The Bertz CT molecular complexity index is 721. The molecular formula is C20H25NO3S. The molecule has 2 aromatic carbocycles. The zero-order valence-electron chi connectivity index (χ0n) is 15.1. The molecule has 0 saturated carbocycles. The van der Waals surface area contributed by atoms with Gasteiger partial charge < -0.3 is 15.2 Å². The molecule has 2 aromatic rings. The largest absolute Gasteiger partial charge is 0.504 e. The van der Waals surface area contributed by atoms with Crippen LogP contribution in [-0.4, -0.2) is 23.9 Å². The van der Waals surface area contributed by atoms with Crippen molar-refractivity contribution in [2.45, 2.75) is 37.6 Å². The van der Waals surface area contributed by atoms with Crippen LogP contribution in [-0.2, 0) is 16.8 Å². The number of carbonyl (C=O) groups excluding carboxylic acids is 1. The van der Waals surface area contributed by atoms with Gasteiger partial charge in [0, 0.05) is 11.4 Å². The molecule has 0 aliphatic heterocycles. The predicted molar refractivity (Wildman–Crippen MR) is 102 cm³/mol. The third-order valence-electron chi connectivity index (χ3n) is 3.82. The summed E-state index contributed by atoms with van der Waals surface area (Å²) in [7, 11) is 1.50. The van der Waals surface area contributed by atoms with Crippen LogP contribution >= 0.6 is 11.8 Å². The lowest BCUT2D eigenvalue weighted by molar-refractivity contribution is -0.118. The SMILES string of the molecule is COc1ccc(CNC(=O)CSc2ccc(C(C)(C)C)cc2)cc1O. The second-order valence-corrected chi connectivity index (χ2v) is 7.89. The first kappa shape index (κ1) is 19.2. The summed E-state index contributed by atoms with van der Waals surface area (Å²) in [6.07, 6.45) is 0. The van der Waals surface area contributed by atoms with Crippen LogP contribution in [0.25, 0.3) is 0 Å². The zero-order chi connectivity index (χ0) is 18.4. The van der Waals surface area contributed by atoms with Gasteiger partial charge in [-0.2, -0.15) is 0 Å². The first-order valence-electron chi connectivity index (χ1n) is 8.15. The molecule has 0 aliphatic rings. The van der Waals surface area contributed by atoms with Gasteiger partial charge in [-0.1, -0.05) is 39.0 Å². The number of hydrogen-bond acceptors (Lipinski definition) is 4. The lowest BCUT2D eigenvalue weighted by Crippen LogP contribution is -2.24. The van der Waals surface area contributed by atoms with E-state index in [9.17, 15) is 9.90 Å². The maximum Gasteiger partial charge on any atom is 0.230 e. The van der Waals surface area contributed by atoms with Gasteiger partial charge in [-0.05, 0) is 40.8 Å². The summed E-state index contributed by atoms with van der Waals surface area (Å²) >= 11 is 1.51. The first-order valence-corrected chi connectivity index (χ1v) is 9.14. The number of aromatic hydroxyl groups is 1. The van der Waals surface area contributed by atoms with Crippen LogP contribution in [0, 0.1) is 0 Å². The number of carbonyl (C=O) groups is 1. The number of ether oxygens (including phenoxy) is 1. The molecule has 0 fully saturated rings. The van der Waals surface area contributed by atoms with E-state index in [0.29, 0.717) is 18.0 Å². The molecule has 0 radical (unpaired) electrons. The molecule has 0 aromatic heterocycles. The third kappa shape index (κ3) is 5.71. The Labute approximate surface area is 153 Å². The van der Waals surface area contributed by atoms with Crippen molar-refractivity contribution >= 4 is 17.7 Å². The maximum absolute atomic E-state index is 12.0. The minimum Gasteiger partial charge on any atom is -0.504 e. The van der Waals surface area contributed by atoms with Gasteiger partial charge in [0.1, 0.15) is 0 Å². The second-order valence-electron chi connectivity index (χ2n) is 6.85. The van der Waals surface area contributed by atoms with Crippen LogP contribution in [0.3, 0.4) is 0 Å². The van der Waals surface area contributed by atoms with E-state index in [1.54, 1.807) is 12.1 Å². The zero-order valence-corrected chi connectivity index (χ0v) is 15.9. The summed E-state index contributed by atoms with van der Waals surface area (Å²) in [4.78, 5) is 13.1. The fourth-order valence-corrected chi connectivity index (χ4v) is 3.03. The van der Waals surface area contributed by atoms with Crippen LogP contribution in [0.2, 0.25) is 0 Å². The average Bonchev–Trinajstić information content (AvgIpc) is 2.58. The van der Waals surface area contributed by atoms with Gasteiger partial charge in [-0.3, -0.25) is 4.79 Å². The monoisotopic (exact) mass is 359 g/mol. The Hall–Kier alpha value is -2.14. The van der Waals surface area contributed by atoms with E-state index in [0.717, 1.165) is 10.5 Å². The molecule has 0 bridgehead atoms. The Morgan fingerprint density at radius 1 is 1.16 bits per heavy atom. The highest BCUT2D eigenvalue weighted by Crippen LogP contribution is 2.27. The van der Waals surface area contributed by atoms with E-state index in [2.05, 4.69) is 50.4 Å². The number of methoxy groups -OCH3 is 1. The number of phenols is 1. The van der Waals surface area contributed by atoms with E-state index >= 15 is 0 Å². The van der Waals surface area contributed by atoms with Gasteiger partial charge in [0.2, 0.25) is 5.91 Å². The van der Waals surface area contributed by atoms with Crippen molar-refractivity contribution in [3.63, 3.8) is 0 Å². The third-order valence-corrected chi connectivity index (χ3v) is 4.84. The predicted octanol–water partition coefficient (Wildman–Crippen LogP) is 4.11. The molecule has 2 N–H and O–H groups in total. The van der Waals surface area contributed by atoms with Gasteiger partial charge in [-0.25, -0.2) is 0 Å². The highest BCUT2D eigenvalue weighted by molar-refractivity contribution is 8.00. The molecular weight excluding hydrogens is 334 g/mol. The Morgan fingerprint density at radius 2 is 1.84 bits per heavy atom. The molecule has 0 aliphatic carbocycles. The van der Waals surface area contributed by atoms with Gasteiger partial charge >= 0.3 is 0 Å². The topological polar surface area (TPSA) is 58.6 Å². The van der Waals surface area contributed by atoms with Crippen LogP contribution in [0.5, 0.6) is 11.5 Å². The molecule has 0 saturated heterocycles. The molecule has 5 heteroatoms. The second kappa shape index (κ2) is 8.30. The van der Waals surface area contributed by atoms with Crippen LogP contribution < -0.4 is 10.1 Å². The quantitative estimate of drug-likeness (QED) is 0.762. The smallest absolute Gasteiger partial charge is 0.230 e. The molecule has 2 rings (SSSR count). The number of phenolic OH excluding ortho intramolecular Hbond substituents is 1. The molecule has 1 amide bonds. The number of rotatable bonds is 6. The normalized spacial score (nSPS) is 11.2. The van der Waals surface area contributed by atoms with Crippen LogP contribution in [0.4, 0.5) is 0 Å². The fraction of sp³-hybridized carbons (Fsp3) is 0.350. The van der Waals surface area contributed by atoms with E-state index in [1.165, 1.54) is 24.4 Å². The van der Waals surface area contributed by atoms with Gasteiger partial charge in [0.05, 0.1) is 12.9 Å². The summed E-state index contributed by atoms with van der Waals surface area (Å²) in [5, 5.41) is 12.6. The maximum atomic E-state index is 12.0. The summed E-state index contributed by atoms with van der Waals surface area (Å²) in [5.41, 5.74) is 2.23. The van der Waals surface area contributed by atoms with Crippen molar-refractivity contribution < 1.29 is 14.6 Å². The Kier molecular flexibility index (Phi) is 6.37. The van der Waals surface area contributed by atoms with Crippen LogP contribution in [0.15, 0.2) is 47.4 Å². The van der Waals surface area contributed by atoms with Crippen molar-refractivity contribution in [1.82, 2.24) is 5.32 Å². The highest BCUT2D eigenvalue weighted by atomic mass is 32.2. The van der Waals surface area contributed by atoms with E-state index in [4.69, 9.17) is 4.74 Å². The number of amides is 1. The van der Waals surface area contributed by atoms with Crippen molar-refractivity contribution in [2.24, 2.45) is 0 Å². The van der Waals surface area contributed by atoms with E-state index < -0.39 is 0 Å². The van der Waals surface area contributed by atoms with Crippen molar-refractivity contribution in [3.05, 3.63) is 53.6 Å².